The Labute approximate surface area is 66.8 Å². The minimum Gasteiger partial charge on any atom is -0.214 e. The van der Waals surface area contributed by atoms with Crippen molar-refractivity contribution in [1.82, 2.24) is 9.97 Å². The van der Waals surface area contributed by atoms with Crippen LogP contribution in [-0.4, -0.2) is 9.97 Å². The largest absolute Gasteiger partial charge is 0.224 e. The first kappa shape index (κ1) is 7.06. The maximum Gasteiger partial charge on any atom is 0.224 e. The molecule has 1 aromatic rings. The highest BCUT2D eigenvalue weighted by Crippen LogP contribution is 2.17. The predicted octanol–water partition coefficient (Wildman–Crippen LogP) is 2.24. The highest BCUT2D eigenvalue weighted by Gasteiger charge is 1.99. The summed E-state index contributed by atoms with van der Waals surface area (Å²) < 4.78 is 0. The van der Waals surface area contributed by atoms with E-state index in [9.17, 15) is 0 Å². The zero-order valence-corrected chi connectivity index (χ0v) is 6.30. The van der Waals surface area contributed by atoms with Gasteiger partial charge in [-0.3, -0.25) is 0 Å². The van der Waals surface area contributed by atoms with Gasteiger partial charge in [0, 0.05) is 0 Å². The zero-order valence-electron chi connectivity index (χ0n) is 4.03. The van der Waals surface area contributed by atoms with Gasteiger partial charge in [-0.25, -0.2) is 9.97 Å². The van der Waals surface area contributed by atoms with Crippen LogP contribution in [0.25, 0.3) is 0 Å². The van der Waals surface area contributed by atoms with E-state index in [0.717, 1.165) is 0 Å². The number of hydrogen-bond donors (Lipinski definition) is 0. The Balaban J connectivity index is 3.17. The van der Waals surface area contributed by atoms with Crippen LogP contribution in [0.3, 0.4) is 0 Å². The quantitative estimate of drug-likeness (QED) is 0.454. The average Bonchev–Trinajstić information content (AvgIpc) is 1.80. The summed E-state index contributed by atoms with van der Waals surface area (Å²) in [5.41, 5.74) is 0. The van der Waals surface area contributed by atoms with Crippen LogP contribution in [0.2, 0.25) is 15.5 Å². The van der Waals surface area contributed by atoms with Crippen molar-refractivity contribution in [1.29, 1.82) is 0 Å². The van der Waals surface area contributed by atoms with E-state index < -0.39 is 0 Å². The maximum atomic E-state index is 5.42. The van der Waals surface area contributed by atoms with Crippen molar-refractivity contribution in [3.63, 3.8) is 0 Å². The number of aromatic nitrogens is 2. The third kappa shape index (κ3) is 1.68. The van der Waals surface area contributed by atoms with Crippen molar-refractivity contribution in [2.45, 2.75) is 0 Å². The molecule has 0 aliphatic heterocycles. The van der Waals surface area contributed by atoms with Crippen LogP contribution in [0.1, 0.15) is 0 Å². The molecule has 2 nitrogen and oxygen atoms in total. The normalized spacial score (nSPS) is 9.67. The van der Waals surface area contributed by atoms with E-state index in [1.807, 2.05) is 0 Å². The lowest BCUT2D eigenvalue weighted by Crippen LogP contribution is -1.81. The summed E-state index contributed by atoms with van der Waals surface area (Å²) in [5, 5.41) is 0.349. The summed E-state index contributed by atoms with van der Waals surface area (Å²) in [4.78, 5) is 6.98. The molecule has 0 spiro atoms. The van der Waals surface area contributed by atoms with Gasteiger partial charge in [-0.15, -0.1) is 0 Å². The summed E-state index contributed by atoms with van der Waals surface area (Å²) >= 11 is 16.1. The van der Waals surface area contributed by atoms with E-state index in [4.69, 9.17) is 34.8 Å². The van der Waals surface area contributed by atoms with Gasteiger partial charge in [0.05, 0.1) is 0 Å². The zero-order chi connectivity index (χ0) is 6.85. The Bertz CT molecular complexity index is 225. The summed E-state index contributed by atoms with van der Waals surface area (Å²) in [7, 11) is 0. The Hall–Kier alpha value is -0.0500. The summed E-state index contributed by atoms with van der Waals surface area (Å²) in [6.07, 6.45) is 2.36. The van der Waals surface area contributed by atoms with Crippen molar-refractivity contribution in [3.8, 4) is 0 Å². The van der Waals surface area contributed by atoms with Crippen LogP contribution in [0.15, 0.2) is 0 Å². The van der Waals surface area contributed by atoms with Crippen LogP contribution in [0, 0.1) is 6.20 Å². The molecule has 0 saturated heterocycles. The maximum absolute atomic E-state index is 5.42. The number of hydrogen-bond acceptors (Lipinski definition) is 2. The second-order valence-corrected chi connectivity index (χ2v) is 2.28. The fourth-order valence-electron chi connectivity index (χ4n) is 0.296. The smallest absolute Gasteiger partial charge is 0.214 e. The molecular weight excluding hydrogens is 182 g/mol. The summed E-state index contributed by atoms with van der Waals surface area (Å²) in [5.74, 6) is 0. The molecule has 47 valence electrons. The molecule has 1 rings (SSSR count). The summed E-state index contributed by atoms with van der Waals surface area (Å²) in [6, 6.07) is 0. The first-order valence-corrected chi connectivity index (χ1v) is 3.10. The van der Waals surface area contributed by atoms with Crippen molar-refractivity contribution in [2.24, 2.45) is 0 Å². The summed E-state index contributed by atoms with van der Waals surface area (Å²) in [6.45, 7) is 0. The van der Waals surface area contributed by atoms with E-state index in [-0.39, 0.29) is 15.5 Å². The van der Waals surface area contributed by atoms with Crippen molar-refractivity contribution >= 4 is 34.8 Å². The van der Waals surface area contributed by atoms with Gasteiger partial charge in [0.1, 0.15) is 11.2 Å². The average molecular weight is 182 g/mol. The fourth-order valence-corrected chi connectivity index (χ4v) is 0.673. The monoisotopic (exact) mass is 181 g/mol. The van der Waals surface area contributed by atoms with E-state index in [2.05, 4.69) is 16.2 Å². The predicted molar refractivity (Wildman–Crippen MR) is 35.9 cm³/mol. The minimum absolute atomic E-state index is 0.0457. The standard InChI is InChI=1S/C4Cl3N2/c5-2-1-8-4(7)9-3(2)6. The lowest BCUT2D eigenvalue weighted by Gasteiger charge is -1.89. The van der Waals surface area contributed by atoms with Gasteiger partial charge in [-0.1, -0.05) is 23.2 Å². The Morgan fingerprint density at radius 2 is 1.89 bits per heavy atom. The number of rotatable bonds is 0. The Morgan fingerprint density at radius 1 is 1.22 bits per heavy atom. The topological polar surface area (TPSA) is 25.8 Å². The van der Waals surface area contributed by atoms with Crippen LogP contribution in [0.5, 0.6) is 0 Å². The van der Waals surface area contributed by atoms with Crippen molar-refractivity contribution in [2.75, 3.05) is 0 Å². The van der Waals surface area contributed by atoms with Crippen molar-refractivity contribution in [3.05, 3.63) is 21.7 Å². The van der Waals surface area contributed by atoms with Gasteiger partial charge in [0.2, 0.25) is 5.28 Å². The van der Waals surface area contributed by atoms with Gasteiger partial charge >= 0.3 is 0 Å². The highest BCUT2D eigenvalue weighted by molar-refractivity contribution is 6.41. The molecule has 1 radical (unpaired) electrons. The molecule has 0 bridgehead atoms. The fraction of sp³-hybridized carbons (Fsp3) is 0. The van der Waals surface area contributed by atoms with E-state index >= 15 is 0 Å². The van der Waals surface area contributed by atoms with Crippen LogP contribution in [-0.2, 0) is 0 Å². The van der Waals surface area contributed by atoms with Gasteiger partial charge in [0.15, 0.2) is 5.15 Å². The molecule has 1 aromatic heterocycles. The van der Waals surface area contributed by atoms with Gasteiger partial charge in [-0.05, 0) is 11.6 Å². The van der Waals surface area contributed by atoms with Crippen LogP contribution >= 0.6 is 34.8 Å². The first-order valence-electron chi connectivity index (χ1n) is 1.96. The highest BCUT2D eigenvalue weighted by atomic mass is 35.5. The molecule has 0 aliphatic carbocycles. The Kier molecular flexibility index (Phi) is 2.11. The van der Waals surface area contributed by atoms with Gasteiger partial charge in [-0.2, -0.15) is 0 Å². The molecule has 0 aromatic carbocycles. The van der Waals surface area contributed by atoms with Gasteiger partial charge in [0.25, 0.3) is 0 Å². The lowest BCUT2D eigenvalue weighted by atomic mass is 10.7. The minimum atomic E-state index is 0.0457. The molecule has 0 unspecified atom stereocenters. The number of halogens is 3. The molecule has 1 heterocycles. The Morgan fingerprint density at radius 3 is 2.33 bits per heavy atom. The second kappa shape index (κ2) is 2.69. The molecule has 5 heteroatoms. The molecule has 0 amide bonds. The molecule has 0 aliphatic rings. The molecule has 0 saturated carbocycles. The van der Waals surface area contributed by atoms with E-state index in [0.29, 0.717) is 0 Å². The van der Waals surface area contributed by atoms with Crippen molar-refractivity contribution < 1.29 is 0 Å². The van der Waals surface area contributed by atoms with Crippen LogP contribution in [0.4, 0.5) is 0 Å². The molecule has 9 heavy (non-hydrogen) atoms. The van der Waals surface area contributed by atoms with E-state index in [1.54, 1.807) is 0 Å². The van der Waals surface area contributed by atoms with E-state index in [1.165, 1.54) is 0 Å². The molecule has 0 fully saturated rings. The molecule has 0 atom stereocenters. The second-order valence-electron chi connectivity index (χ2n) is 1.21. The number of nitrogens with zero attached hydrogens (tertiary/aromatic N) is 2. The SMILES string of the molecule is Clc1n[c]c(Cl)c(Cl)n1. The molecule has 0 N–H and O–H groups in total. The lowest BCUT2D eigenvalue weighted by molar-refractivity contribution is 1.16. The van der Waals surface area contributed by atoms with Crippen LogP contribution < -0.4 is 0 Å². The third-order valence-electron chi connectivity index (χ3n) is 0.618. The first-order chi connectivity index (χ1) is 4.20. The van der Waals surface area contributed by atoms with Gasteiger partial charge < -0.3 is 0 Å². The molecular formula is C4Cl3N2. The third-order valence-corrected chi connectivity index (χ3v) is 1.42.